The van der Waals surface area contributed by atoms with E-state index in [1.807, 2.05) is 19.9 Å². The molecule has 6 heteroatoms. The Morgan fingerprint density at radius 1 is 1.24 bits per heavy atom. The second kappa shape index (κ2) is 6.72. The predicted molar refractivity (Wildman–Crippen MR) is 94.7 cm³/mol. The van der Waals surface area contributed by atoms with Crippen molar-refractivity contribution in [3.8, 4) is 0 Å². The molecular formula is C19H21NO5. The molecule has 2 N–H and O–H groups in total. The van der Waals surface area contributed by atoms with Gasteiger partial charge in [-0.25, -0.2) is 4.79 Å². The molecule has 1 atom stereocenters. The van der Waals surface area contributed by atoms with E-state index >= 15 is 0 Å². The number of aryl methyl sites for hydroxylation is 2. The quantitative estimate of drug-likeness (QED) is 0.695. The van der Waals surface area contributed by atoms with Crippen molar-refractivity contribution >= 4 is 27.8 Å². The van der Waals surface area contributed by atoms with Crippen LogP contribution in [0.15, 0.2) is 32.0 Å². The Morgan fingerprint density at radius 2 is 2.00 bits per heavy atom. The van der Waals surface area contributed by atoms with Crippen LogP contribution in [0, 0.1) is 13.8 Å². The van der Waals surface area contributed by atoms with E-state index in [9.17, 15) is 14.7 Å². The monoisotopic (exact) mass is 343 g/mol. The highest BCUT2D eigenvalue weighted by Gasteiger charge is 2.15. The number of furan rings is 1. The Balaban J connectivity index is 1.93. The zero-order valence-electron chi connectivity index (χ0n) is 14.5. The molecule has 1 aromatic carbocycles. The average molecular weight is 343 g/mol. The third-order valence-electron chi connectivity index (χ3n) is 4.37. The molecule has 0 bridgehead atoms. The van der Waals surface area contributed by atoms with Crippen molar-refractivity contribution in [2.75, 3.05) is 6.54 Å². The molecule has 0 fully saturated rings. The molecule has 0 aliphatic rings. The maximum absolute atomic E-state index is 12.3. The molecule has 3 aromatic rings. The first-order valence-electron chi connectivity index (χ1n) is 8.25. The van der Waals surface area contributed by atoms with Crippen molar-refractivity contribution in [2.24, 2.45) is 0 Å². The number of amides is 1. The van der Waals surface area contributed by atoms with Gasteiger partial charge in [-0.15, -0.1) is 0 Å². The second-order valence-electron chi connectivity index (χ2n) is 6.41. The van der Waals surface area contributed by atoms with E-state index in [4.69, 9.17) is 8.83 Å². The maximum Gasteiger partial charge on any atom is 0.339 e. The summed E-state index contributed by atoms with van der Waals surface area (Å²) in [5, 5.41) is 13.6. The number of hydrogen-bond acceptors (Lipinski definition) is 5. The molecule has 1 unspecified atom stereocenters. The van der Waals surface area contributed by atoms with E-state index in [0.29, 0.717) is 16.7 Å². The van der Waals surface area contributed by atoms with E-state index < -0.39 is 11.7 Å². The minimum Gasteiger partial charge on any atom is -0.464 e. The summed E-state index contributed by atoms with van der Waals surface area (Å²) in [6.45, 7) is 5.62. The van der Waals surface area contributed by atoms with E-state index in [2.05, 4.69) is 5.32 Å². The van der Waals surface area contributed by atoms with Gasteiger partial charge in [0.1, 0.15) is 11.2 Å². The molecule has 25 heavy (non-hydrogen) atoms. The number of rotatable bonds is 5. The third kappa shape index (κ3) is 3.44. The molecule has 6 nitrogen and oxygen atoms in total. The van der Waals surface area contributed by atoms with Crippen molar-refractivity contribution < 1.29 is 18.7 Å². The summed E-state index contributed by atoms with van der Waals surface area (Å²) in [7, 11) is 0. The highest BCUT2D eigenvalue weighted by molar-refractivity contribution is 5.96. The third-order valence-corrected chi connectivity index (χ3v) is 4.37. The van der Waals surface area contributed by atoms with Gasteiger partial charge in [-0.2, -0.15) is 0 Å². The molecular weight excluding hydrogens is 322 g/mol. The van der Waals surface area contributed by atoms with Gasteiger partial charge >= 0.3 is 5.63 Å². The minimum atomic E-state index is -0.600. The summed E-state index contributed by atoms with van der Waals surface area (Å²) < 4.78 is 10.9. The van der Waals surface area contributed by atoms with Crippen LogP contribution < -0.4 is 10.9 Å². The molecule has 2 aromatic heterocycles. The summed E-state index contributed by atoms with van der Waals surface area (Å²) >= 11 is 0. The first kappa shape index (κ1) is 17.2. The van der Waals surface area contributed by atoms with Gasteiger partial charge < -0.3 is 19.3 Å². The van der Waals surface area contributed by atoms with Crippen LogP contribution in [0.5, 0.6) is 0 Å². The summed E-state index contributed by atoms with van der Waals surface area (Å²) in [6.07, 6.45) is 1.52. The first-order valence-corrected chi connectivity index (χ1v) is 8.25. The lowest BCUT2D eigenvalue weighted by atomic mass is 10.0. The lowest BCUT2D eigenvalue weighted by Crippen LogP contribution is -2.31. The smallest absolute Gasteiger partial charge is 0.339 e. The molecule has 0 aliphatic heterocycles. The number of aliphatic hydroxyl groups excluding tert-OH is 1. The van der Waals surface area contributed by atoms with Crippen molar-refractivity contribution in [1.82, 2.24) is 5.32 Å². The molecule has 132 valence electrons. The Hall–Kier alpha value is -2.60. The van der Waals surface area contributed by atoms with Gasteiger partial charge in [0.25, 0.3) is 0 Å². The van der Waals surface area contributed by atoms with Crippen LogP contribution in [0.2, 0.25) is 0 Å². The average Bonchev–Trinajstić information content (AvgIpc) is 2.91. The fourth-order valence-corrected chi connectivity index (χ4v) is 2.91. The number of carbonyl (C=O) groups excluding carboxylic acids is 1. The topological polar surface area (TPSA) is 92.7 Å². The SMILES string of the molecule is Cc1coc2cc3oc(=O)c(CCC(=O)NCC(C)O)c(C)c3cc12. The number of benzene rings is 1. The maximum atomic E-state index is 12.3. The van der Waals surface area contributed by atoms with E-state index in [-0.39, 0.29) is 25.3 Å². The highest BCUT2D eigenvalue weighted by atomic mass is 16.4. The summed E-state index contributed by atoms with van der Waals surface area (Å²) in [6, 6.07) is 3.68. The van der Waals surface area contributed by atoms with Crippen LogP contribution in [0.1, 0.15) is 30.0 Å². The lowest BCUT2D eigenvalue weighted by molar-refractivity contribution is -0.121. The van der Waals surface area contributed by atoms with Crippen molar-refractivity contribution in [1.29, 1.82) is 0 Å². The number of aliphatic hydroxyl groups is 1. The second-order valence-corrected chi connectivity index (χ2v) is 6.41. The van der Waals surface area contributed by atoms with Crippen molar-refractivity contribution in [3.05, 3.63) is 45.5 Å². The van der Waals surface area contributed by atoms with Gasteiger partial charge in [-0.05, 0) is 44.4 Å². The molecule has 0 saturated carbocycles. The van der Waals surface area contributed by atoms with Gasteiger partial charge in [0, 0.05) is 35.4 Å². The molecule has 1 amide bonds. The number of fused-ring (bicyclic) bond motifs is 2. The van der Waals surface area contributed by atoms with E-state index in [1.165, 1.54) is 0 Å². The number of nitrogens with one attached hydrogen (secondary N) is 1. The van der Waals surface area contributed by atoms with Crippen molar-refractivity contribution in [3.63, 3.8) is 0 Å². The minimum absolute atomic E-state index is 0.164. The summed E-state index contributed by atoms with van der Waals surface area (Å²) in [4.78, 5) is 24.1. The standard InChI is InChI=1S/C19H21NO5/c1-10-9-24-16-7-17-15(6-14(10)16)12(3)13(19(23)25-17)4-5-18(22)20-8-11(2)21/h6-7,9,11,21H,4-5,8H2,1-3H3,(H,20,22). The largest absolute Gasteiger partial charge is 0.464 e. The van der Waals surface area contributed by atoms with Crippen molar-refractivity contribution in [2.45, 2.75) is 39.7 Å². The Morgan fingerprint density at radius 3 is 2.72 bits per heavy atom. The molecule has 3 rings (SSSR count). The normalized spacial score (nSPS) is 12.6. The highest BCUT2D eigenvalue weighted by Crippen LogP contribution is 2.28. The van der Waals surface area contributed by atoms with Crippen LogP contribution in [0.3, 0.4) is 0 Å². The van der Waals surface area contributed by atoms with Crippen LogP contribution in [-0.2, 0) is 11.2 Å². The van der Waals surface area contributed by atoms with E-state index in [0.717, 1.165) is 21.9 Å². The Bertz CT molecular complexity index is 996. The molecule has 0 saturated heterocycles. The fourth-order valence-electron chi connectivity index (χ4n) is 2.91. The van der Waals surface area contributed by atoms with Crippen LogP contribution in [-0.4, -0.2) is 23.7 Å². The first-order chi connectivity index (χ1) is 11.9. The number of carbonyl (C=O) groups is 1. The van der Waals surface area contributed by atoms with Gasteiger partial charge in [-0.3, -0.25) is 4.79 Å². The zero-order valence-corrected chi connectivity index (χ0v) is 14.5. The lowest BCUT2D eigenvalue weighted by Gasteiger charge is -2.09. The Kier molecular flexibility index (Phi) is 4.63. The molecule has 0 aliphatic carbocycles. The van der Waals surface area contributed by atoms with Gasteiger partial charge in [0.05, 0.1) is 12.4 Å². The van der Waals surface area contributed by atoms with Gasteiger partial charge in [0.2, 0.25) is 5.91 Å². The molecule has 0 spiro atoms. The van der Waals surface area contributed by atoms with E-state index in [1.54, 1.807) is 19.3 Å². The van der Waals surface area contributed by atoms with Crippen LogP contribution in [0.25, 0.3) is 21.9 Å². The molecule has 0 radical (unpaired) electrons. The summed E-state index contributed by atoms with van der Waals surface area (Å²) in [5.74, 6) is -0.207. The predicted octanol–water partition coefficient (Wildman–Crippen LogP) is 2.59. The zero-order chi connectivity index (χ0) is 18.1. The Labute approximate surface area is 144 Å². The van der Waals surface area contributed by atoms with Crippen LogP contribution in [0.4, 0.5) is 0 Å². The van der Waals surface area contributed by atoms with Gasteiger partial charge in [-0.1, -0.05) is 0 Å². The fraction of sp³-hybridized carbons (Fsp3) is 0.368. The molecule has 2 heterocycles. The number of hydrogen-bond donors (Lipinski definition) is 2. The van der Waals surface area contributed by atoms with Gasteiger partial charge in [0.15, 0.2) is 0 Å². The summed E-state index contributed by atoms with van der Waals surface area (Å²) in [5.41, 5.74) is 3.05. The van der Waals surface area contributed by atoms with Crippen LogP contribution >= 0.6 is 0 Å².